The molecule has 60 valence electrons. The van der Waals surface area contributed by atoms with E-state index < -0.39 is 0 Å². The van der Waals surface area contributed by atoms with E-state index in [1.54, 1.807) is 18.5 Å². The Balaban J connectivity index is 2.51. The van der Waals surface area contributed by atoms with Crippen LogP contribution in [0.15, 0.2) is 24.7 Å². The molecule has 0 spiro atoms. The minimum atomic E-state index is 0.557. The third-order valence-electron chi connectivity index (χ3n) is 1.46. The molecule has 3 N–H and O–H groups in total. The molecule has 2 rings (SSSR count). The molecule has 0 aliphatic carbocycles. The largest absolute Gasteiger partial charge is 0.396 e. The number of nitrogen functional groups attached to an aromatic ring is 1. The third kappa shape index (κ3) is 1.01. The maximum atomic E-state index is 5.60. The van der Waals surface area contributed by atoms with Gasteiger partial charge in [0, 0.05) is 12.4 Å². The highest BCUT2D eigenvalue weighted by molar-refractivity contribution is 5.65. The van der Waals surface area contributed by atoms with Gasteiger partial charge in [-0.25, -0.2) is 9.97 Å². The monoisotopic (exact) mass is 161 g/mol. The summed E-state index contributed by atoms with van der Waals surface area (Å²) in [5.74, 6) is 0.563. The summed E-state index contributed by atoms with van der Waals surface area (Å²) in [6.07, 6.45) is 4.84. The minimum absolute atomic E-state index is 0.557. The average molecular weight is 161 g/mol. The smallest absolute Gasteiger partial charge is 0.179 e. The summed E-state index contributed by atoms with van der Waals surface area (Å²) >= 11 is 0. The summed E-state index contributed by atoms with van der Waals surface area (Å²) in [4.78, 5) is 8.04. The summed E-state index contributed by atoms with van der Waals surface area (Å²) in [5.41, 5.74) is 6.82. The van der Waals surface area contributed by atoms with Gasteiger partial charge in [0.25, 0.3) is 0 Å². The summed E-state index contributed by atoms with van der Waals surface area (Å²) in [5, 5.41) is 6.49. The van der Waals surface area contributed by atoms with Crippen molar-refractivity contribution in [2.75, 3.05) is 5.73 Å². The number of nitrogens with two attached hydrogens (primary N) is 1. The molecule has 0 aromatic carbocycles. The summed E-state index contributed by atoms with van der Waals surface area (Å²) in [6, 6.07) is 1.75. The first-order valence-electron chi connectivity index (χ1n) is 3.44. The molecule has 0 unspecified atom stereocenters. The number of anilines is 1. The topological polar surface area (TPSA) is 80.5 Å². The second-order valence-electron chi connectivity index (χ2n) is 2.27. The first kappa shape index (κ1) is 6.78. The first-order valence-corrected chi connectivity index (χ1v) is 3.44. The van der Waals surface area contributed by atoms with E-state index >= 15 is 0 Å². The maximum absolute atomic E-state index is 5.60. The lowest BCUT2D eigenvalue weighted by Crippen LogP contribution is -1.91. The Kier molecular flexibility index (Phi) is 1.48. The summed E-state index contributed by atoms with van der Waals surface area (Å²) in [7, 11) is 0. The quantitative estimate of drug-likeness (QED) is 0.636. The third-order valence-corrected chi connectivity index (χ3v) is 1.46. The van der Waals surface area contributed by atoms with Crippen molar-refractivity contribution in [1.29, 1.82) is 0 Å². The molecule has 5 heteroatoms. The Morgan fingerprint density at radius 2 is 2.00 bits per heavy atom. The second kappa shape index (κ2) is 2.61. The summed E-state index contributed by atoms with van der Waals surface area (Å²) in [6.45, 7) is 0. The SMILES string of the molecule is Nc1cn[nH]c1-c1ncccn1. The van der Waals surface area contributed by atoms with Gasteiger partial charge >= 0.3 is 0 Å². The molecule has 2 aromatic rings. The van der Waals surface area contributed by atoms with Crippen LogP contribution in [0.5, 0.6) is 0 Å². The van der Waals surface area contributed by atoms with Crippen LogP contribution in [0.1, 0.15) is 0 Å². The molecule has 0 saturated heterocycles. The van der Waals surface area contributed by atoms with Gasteiger partial charge in [-0.2, -0.15) is 5.10 Å². The van der Waals surface area contributed by atoms with Crippen molar-refractivity contribution in [2.24, 2.45) is 0 Å². The van der Waals surface area contributed by atoms with Crippen molar-refractivity contribution in [1.82, 2.24) is 20.2 Å². The zero-order valence-corrected chi connectivity index (χ0v) is 6.23. The number of aromatic nitrogens is 4. The lowest BCUT2D eigenvalue weighted by atomic mass is 10.3. The van der Waals surface area contributed by atoms with E-state index in [2.05, 4.69) is 20.2 Å². The number of aromatic amines is 1. The molecule has 0 fully saturated rings. The number of hydrogen-bond acceptors (Lipinski definition) is 4. The van der Waals surface area contributed by atoms with Crippen LogP contribution in [0.3, 0.4) is 0 Å². The number of hydrogen-bond donors (Lipinski definition) is 2. The molecule has 2 aromatic heterocycles. The number of nitrogens with one attached hydrogen (secondary N) is 1. The van der Waals surface area contributed by atoms with Crippen molar-refractivity contribution in [3.63, 3.8) is 0 Å². The van der Waals surface area contributed by atoms with E-state index in [1.165, 1.54) is 6.20 Å². The Morgan fingerprint density at radius 3 is 2.58 bits per heavy atom. The normalized spacial score (nSPS) is 10.0. The fourth-order valence-corrected chi connectivity index (χ4v) is 0.903. The molecule has 0 bridgehead atoms. The highest BCUT2D eigenvalue weighted by Gasteiger charge is 2.05. The van der Waals surface area contributed by atoms with Gasteiger partial charge in [0.1, 0.15) is 5.69 Å². The molecular formula is C7H7N5. The van der Waals surface area contributed by atoms with Crippen molar-refractivity contribution in [2.45, 2.75) is 0 Å². The van der Waals surface area contributed by atoms with Gasteiger partial charge in [-0.15, -0.1) is 0 Å². The van der Waals surface area contributed by atoms with Crippen molar-refractivity contribution in [3.8, 4) is 11.5 Å². The van der Waals surface area contributed by atoms with E-state index in [0.29, 0.717) is 17.2 Å². The zero-order chi connectivity index (χ0) is 8.39. The van der Waals surface area contributed by atoms with Crippen LogP contribution in [0.25, 0.3) is 11.5 Å². The first-order chi connectivity index (χ1) is 5.88. The molecule has 0 atom stereocenters. The van der Waals surface area contributed by atoms with E-state index in [1.807, 2.05) is 0 Å². The molecular weight excluding hydrogens is 154 g/mol. The highest BCUT2D eigenvalue weighted by atomic mass is 15.1. The van der Waals surface area contributed by atoms with Gasteiger partial charge in [-0.1, -0.05) is 0 Å². The number of H-pyrrole nitrogens is 1. The Morgan fingerprint density at radius 1 is 1.25 bits per heavy atom. The molecule has 0 amide bonds. The fraction of sp³-hybridized carbons (Fsp3) is 0. The van der Waals surface area contributed by atoms with Crippen LogP contribution < -0.4 is 5.73 Å². The van der Waals surface area contributed by atoms with E-state index in [4.69, 9.17) is 5.73 Å². The van der Waals surface area contributed by atoms with Crippen molar-refractivity contribution >= 4 is 5.69 Å². The lowest BCUT2D eigenvalue weighted by Gasteiger charge is -1.94. The van der Waals surface area contributed by atoms with Crippen LogP contribution >= 0.6 is 0 Å². The molecule has 0 aliphatic rings. The highest BCUT2D eigenvalue weighted by Crippen LogP contribution is 2.16. The van der Waals surface area contributed by atoms with Gasteiger partial charge in [0.2, 0.25) is 0 Å². The molecule has 12 heavy (non-hydrogen) atoms. The van der Waals surface area contributed by atoms with Crippen molar-refractivity contribution in [3.05, 3.63) is 24.7 Å². The van der Waals surface area contributed by atoms with Gasteiger partial charge in [-0.3, -0.25) is 5.10 Å². The van der Waals surface area contributed by atoms with Gasteiger partial charge in [0.05, 0.1) is 11.9 Å². The van der Waals surface area contributed by atoms with E-state index in [0.717, 1.165) is 0 Å². The van der Waals surface area contributed by atoms with Gasteiger partial charge in [-0.05, 0) is 6.07 Å². The minimum Gasteiger partial charge on any atom is -0.396 e. The van der Waals surface area contributed by atoms with Crippen LogP contribution in [-0.2, 0) is 0 Å². The predicted octanol–water partition coefficient (Wildman–Crippen LogP) is 0.449. The van der Waals surface area contributed by atoms with Crippen molar-refractivity contribution < 1.29 is 0 Å². The van der Waals surface area contributed by atoms with E-state index in [-0.39, 0.29) is 0 Å². The Labute approximate surface area is 68.7 Å². The number of rotatable bonds is 1. The molecule has 0 radical (unpaired) electrons. The van der Waals surface area contributed by atoms with Crippen LogP contribution in [0, 0.1) is 0 Å². The average Bonchev–Trinajstić information content (AvgIpc) is 2.53. The zero-order valence-electron chi connectivity index (χ0n) is 6.23. The Hall–Kier alpha value is -1.91. The van der Waals surface area contributed by atoms with E-state index in [9.17, 15) is 0 Å². The molecule has 2 heterocycles. The van der Waals surface area contributed by atoms with Gasteiger partial charge in [0.15, 0.2) is 5.82 Å². The Bertz CT molecular complexity index is 366. The van der Waals surface area contributed by atoms with Crippen LogP contribution in [0.2, 0.25) is 0 Å². The predicted molar refractivity (Wildman–Crippen MR) is 44.0 cm³/mol. The lowest BCUT2D eigenvalue weighted by molar-refractivity contribution is 1.06. The maximum Gasteiger partial charge on any atom is 0.179 e. The standard InChI is InChI=1S/C7H7N5/c8-5-4-11-12-6(5)7-9-2-1-3-10-7/h1-4H,8H2,(H,11,12). The second-order valence-corrected chi connectivity index (χ2v) is 2.27. The fourth-order valence-electron chi connectivity index (χ4n) is 0.903. The molecule has 5 nitrogen and oxygen atoms in total. The molecule has 0 saturated carbocycles. The van der Waals surface area contributed by atoms with Gasteiger partial charge < -0.3 is 5.73 Å². The van der Waals surface area contributed by atoms with Crippen LogP contribution in [0.4, 0.5) is 5.69 Å². The summed E-state index contributed by atoms with van der Waals surface area (Å²) < 4.78 is 0. The number of nitrogens with zero attached hydrogens (tertiary/aromatic N) is 3. The molecule has 0 aliphatic heterocycles. The van der Waals surface area contributed by atoms with Crippen LogP contribution in [-0.4, -0.2) is 20.2 Å².